The number of likely N-dealkylation sites (tertiary alicyclic amines) is 1. The molecule has 1 aromatic carbocycles. The first-order chi connectivity index (χ1) is 17.5. The van der Waals surface area contributed by atoms with E-state index in [0.29, 0.717) is 83.7 Å². The molecule has 0 spiro atoms. The highest BCUT2D eigenvalue weighted by atomic mass is 16.6. The van der Waals surface area contributed by atoms with Crippen molar-refractivity contribution in [2.24, 2.45) is 0 Å². The minimum Gasteiger partial charge on any atom is -0.485 e. The van der Waals surface area contributed by atoms with Crippen molar-refractivity contribution in [3.05, 3.63) is 29.3 Å². The summed E-state index contributed by atoms with van der Waals surface area (Å²) in [6.07, 6.45) is 0.908. The monoisotopic (exact) mass is 506 g/mol. The minimum atomic E-state index is -0.680. The van der Waals surface area contributed by atoms with Crippen LogP contribution in [0.5, 0.6) is 5.75 Å². The highest BCUT2D eigenvalue weighted by molar-refractivity contribution is 5.79. The van der Waals surface area contributed by atoms with Gasteiger partial charge in [0.2, 0.25) is 5.91 Å². The highest BCUT2D eigenvalue weighted by Crippen LogP contribution is 2.45. The van der Waals surface area contributed by atoms with Gasteiger partial charge in [-0.05, 0) is 38.5 Å². The fraction of sp³-hybridized carbons (Fsp3) is 0.692. The van der Waals surface area contributed by atoms with E-state index in [1.54, 1.807) is 18.2 Å². The van der Waals surface area contributed by atoms with Gasteiger partial charge in [0.1, 0.15) is 17.5 Å². The molecule has 0 aromatic heterocycles. The van der Waals surface area contributed by atoms with Gasteiger partial charge in [0, 0.05) is 18.5 Å². The third kappa shape index (κ3) is 7.87. The summed E-state index contributed by atoms with van der Waals surface area (Å²) in [6.45, 7) is 8.32. The van der Waals surface area contributed by atoms with Crippen LogP contribution in [0, 0.1) is 11.3 Å². The largest absolute Gasteiger partial charge is 0.485 e. The molecule has 0 saturated carbocycles. The van der Waals surface area contributed by atoms with Crippen LogP contribution in [-0.2, 0) is 28.5 Å². The Morgan fingerprint density at radius 1 is 1.03 bits per heavy atom. The van der Waals surface area contributed by atoms with Gasteiger partial charge in [-0.1, -0.05) is 0 Å². The average molecular weight is 507 g/mol. The Balaban J connectivity index is 1.44. The van der Waals surface area contributed by atoms with Gasteiger partial charge in [-0.15, -0.1) is 0 Å². The predicted molar refractivity (Wildman–Crippen MR) is 130 cm³/mol. The van der Waals surface area contributed by atoms with Gasteiger partial charge < -0.3 is 38.4 Å². The average Bonchev–Trinajstić information content (AvgIpc) is 3.28. The molecule has 10 heteroatoms. The molecule has 0 aliphatic carbocycles. The molecule has 36 heavy (non-hydrogen) atoms. The summed E-state index contributed by atoms with van der Waals surface area (Å²) in [7, 11) is 0. The maximum atomic E-state index is 12.7. The van der Waals surface area contributed by atoms with E-state index in [0.717, 1.165) is 12.0 Å². The van der Waals surface area contributed by atoms with Gasteiger partial charge in [0.05, 0.1) is 83.7 Å². The zero-order valence-corrected chi connectivity index (χ0v) is 21.3. The van der Waals surface area contributed by atoms with E-state index >= 15 is 0 Å². The number of fused-ring (bicyclic) bond motifs is 1. The number of aliphatic hydroxyl groups excluding tert-OH is 1. The SMILES string of the molecule is CC1(C)Oc2ccc(C#N)cc2[C@@H](N2CCCC2=O)[C@@H]1OCCOCCOCCOCCOCCO. The van der Waals surface area contributed by atoms with Crippen molar-refractivity contribution in [1.82, 2.24) is 4.90 Å². The molecule has 200 valence electrons. The van der Waals surface area contributed by atoms with Crippen LogP contribution >= 0.6 is 0 Å². The second-order valence-corrected chi connectivity index (χ2v) is 9.17. The quantitative estimate of drug-likeness (QED) is 0.335. The van der Waals surface area contributed by atoms with E-state index in [1.165, 1.54) is 0 Å². The Hall–Kier alpha value is -2.26. The lowest BCUT2D eigenvalue weighted by atomic mass is 9.84. The van der Waals surface area contributed by atoms with Crippen LogP contribution < -0.4 is 4.74 Å². The van der Waals surface area contributed by atoms with Crippen molar-refractivity contribution in [3.8, 4) is 11.8 Å². The highest BCUT2D eigenvalue weighted by Gasteiger charge is 2.49. The number of carbonyl (C=O) groups is 1. The number of amides is 1. The Morgan fingerprint density at radius 2 is 1.64 bits per heavy atom. The number of benzene rings is 1. The molecule has 0 unspecified atom stereocenters. The van der Waals surface area contributed by atoms with Gasteiger partial charge in [-0.2, -0.15) is 5.26 Å². The van der Waals surface area contributed by atoms with Gasteiger partial charge in [0.15, 0.2) is 0 Å². The number of hydrogen-bond acceptors (Lipinski definition) is 9. The third-order valence-electron chi connectivity index (χ3n) is 6.13. The van der Waals surface area contributed by atoms with Crippen molar-refractivity contribution in [3.63, 3.8) is 0 Å². The van der Waals surface area contributed by atoms with E-state index in [-0.39, 0.29) is 18.6 Å². The summed E-state index contributed by atoms with van der Waals surface area (Å²) < 4.78 is 34.2. The van der Waals surface area contributed by atoms with E-state index in [2.05, 4.69) is 6.07 Å². The van der Waals surface area contributed by atoms with Crippen molar-refractivity contribution >= 4 is 5.91 Å². The number of rotatable bonds is 16. The Kier molecular flexibility index (Phi) is 11.4. The number of hydrogen-bond donors (Lipinski definition) is 1. The molecule has 1 N–H and O–H groups in total. The first kappa shape index (κ1) is 28.3. The first-order valence-electron chi connectivity index (χ1n) is 12.5. The molecule has 0 bridgehead atoms. The zero-order valence-electron chi connectivity index (χ0n) is 21.3. The van der Waals surface area contributed by atoms with E-state index in [9.17, 15) is 10.1 Å². The standard InChI is InChI=1S/C26H38N2O8/c1-26(2)25(35-17-16-34-15-14-33-13-12-32-11-10-31-9-8-29)24(28-7-3-4-23(28)30)21-18-20(19-27)5-6-22(21)36-26/h5-6,18,24-25,29H,3-4,7-17H2,1-2H3/t24-,25+/m1/s1. The van der Waals surface area contributed by atoms with Gasteiger partial charge in [-0.3, -0.25) is 4.79 Å². The normalized spacial score (nSPS) is 20.7. The summed E-state index contributed by atoms with van der Waals surface area (Å²) in [5, 5.41) is 18.0. The molecule has 1 aromatic rings. The van der Waals surface area contributed by atoms with Crippen molar-refractivity contribution in [1.29, 1.82) is 5.26 Å². The number of aliphatic hydroxyl groups is 1. The van der Waals surface area contributed by atoms with Crippen LogP contribution in [0.1, 0.15) is 43.9 Å². The van der Waals surface area contributed by atoms with E-state index in [4.69, 9.17) is 33.5 Å². The van der Waals surface area contributed by atoms with Gasteiger partial charge >= 0.3 is 0 Å². The molecule has 10 nitrogen and oxygen atoms in total. The van der Waals surface area contributed by atoms with Crippen molar-refractivity contribution in [2.45, 2.75) is 44.4 Å². The number of nitrogens with zero attached hydrogens (tertiary/aromatic N) is 2. The lowest BCUT2D eigenvalue weighted by Crippen LogP contribution is -2.55. The molecule has 3 rings (SSSR count). The lowest BCUT2D eigenvalue weighted by molar-refractivity contribution is -0.151. The topological polar surface area (TPSA) is 120 Å². The molecule has 0 radical (unpaired) electrons. The summed E-state index contributed by atoms with van der Waals surface area (Å²) >= 11 is 0. The Bertz CT molecular complexity index is 872. The molecular formula is C26H38N2O8. The summed E-state index contributed by atoms with van der Waals surface area (Å²) in [5.74, 6) is 0.772. The minimum absolute atomic E-state index is 0.0101. The van der Waals surface area contributed by atoms with Crippen LogP contribution in [0.4, 0.5) is 0 Å². The number of ether oxygens (including phenoxy) is 6. The second-order valence-electron chi connectivity index (χ2n) is 9.17. The maximum absolute atomic E-state index is 12.7. The Morgan fingerprint density at radius 3 is 2.19 bits per heavy atom. The first-order valence-corrected chi connectivity index (χ1v) is 12.5. The maximum Gasteiger partial charge on any atom is 0.223 e. The second kappa shape index (κ2) is 14.5. The molecular weight excluding hydrogens is 468 g/mol. The third-order valence-corrected chi connectivity index (χ3v) is 6.13. The van der Waals surface area contributed by atoms with Crippen molar-refractivity contribution < 1.29 is 38.3 Å². The molecule has 1 amide bonds. The van der Waals surface area contributed by atoms with Crippen LogP contribution in [0.25, 0.3) is 0 Å². The number of carbonyl (C=O) groups excluding carboxylic acids is 1. The zero-order chi connectivity index (χ0) is 25.8. The fourth-order valence-corrected chi connectivity index (χ4v) is 4.47. The van der Waals surface area contributed by atoms with Crippen molar-refractivity contribution in [2.75, 3.05) is 72.6 Å². The smallest absolute Gasteiger partial charge is 0.223 e. The lowest BCUT2D eigenvalue weighted by Gasteiger charge is -2.47. The number of nitriles is 1. The van der Waals surface area contributed by atoms with E-state index in [1.807, 2.05) is 18.7 Å². The molecule has 2 aliphatic heterocycles. The molecule has 1 saturated heterocycles. The summed E-state index contributed by atoms with van der Waals surface area (Å²) in [5.41, 5.74) is 0.655. The molecule has 2 aliphatic rings. The van der Waals surface area contributed by atoms with Gasteiger partial charge in [-0.25, -0.2) is 0 Å². The van der Waals surface area contributed by atoms with Crippen LogP contribution in [0.3, 0.4) is 0 Å². The van der Waals surface area contributed by atoms with Crippen LogP contribution in [0.15, 0.2) is 18.2 Å². The fourth-order valence-electron chi connectivity index (χ4n) is 4.47. The predicted octanol–water partition coefficient (Wildman–Crippen LogP) is 1.84. The van der Waals surface area contributed by atoms with Crippen LogP contribution in [-0.4, -0.2) is 100 Å². The molecule has 2 atom stereocenters. The summed E-state index contributed by atoms with van der Waals surface area (Å²) in [6, 6.07) is 7.19. The molecule has 2 heterocycles. The molecule has 1 fully saturated rings. The summed E-state index contributed by atoms with van der Waals surface area (Å²) in [4.78, 5) is 14.6. The van der Waals surface area contributed by atoms with Gasteiger partial charge in [0.25, 0.3) is 0 Å². The van der Waals surface area contributed by atoms with E-state index < -0.39 is 11.7 Å². The van der Waals surface area contributed by atoms with Crippen LogP contribution in [0.2, 0.25) is 0 Å². The Labute approximate surface area is 213 Å².